The Kier molecular flexibility index (Phi) is 6.45. The van der Waals surface area contributed by atoms with Crippen molar-refractivity contribution in [2.24, 2.45) is 5.92 Å². The Morgan fingerprint density at radius 2 is 1.76 bits per heavy atom. The summed E-state index contributed by atoms with van der Waals surface area (Å²) in [4.78, 5) is 2.60. The molecule has 102 valence electrons. The Labute approximate surface area is 107 Å². The number of rotatable bonds is 6. The molecule has 0 aliphatic carbocycles. The lowest BCUT2D eigenvalue weighted by molar-refractivity contribution is 0.0105. The third kappa shape index (κ3) is 4.57. The lowest BCUT2D eigenvalue weighted by Gasteiger charge is -2.39. The van der Waals surface area contributed by atoms with Crippen LogP contribution in [0.3, 0.4) is 0 Å². The number of ether oxygens (including phenoxy) is 1. The Bertz CT molecular complexity index is 202. The second-order valence-electron chi connectivity index (χ2n) is 5.67. The van der Waals surface area contributed by atoms with Crippen molar-refractivity contribution in [2.75, 3.05) is 26.7 Å². The molecule has 1 N–H and O–H groups in total. The van der Waals surface area contributed by atoms with Gasteiger partial charge in [-0.1, -0.05) is 0 Å². The van der Waals surface area contributed by atoms with Crippen molar-refractivity contribution in [3.05, 3.63) is 0 Å². The van der Waals surface area contributed by atoms with Crippen LogP contribution in [0.1, 0.15) is 40.5 Å². The van der Waals surface area contributed by atoms with Crippen LogP contribution in [0.5, 0.6) is 0 Å². The van der Waals surface area contributed by atoms with Crippen LogP contribution in [0.4, 0.5) is 0 Å². The molecular formula is C14H30N2O. The fourth-order valence-electron chi connectivity index (χ4n) is 2.68. The van der Waals surface area contributed by atoms with Gasteiger partial charge in [0.25, 0.3) is 0 Å². The van der Waals surface area contributed by atoms with Gasteiger partial charge in [-0.2, -0.15) is 0 Å². The van der Waals surface area contributed by atoms with E-state index in [2.05, 4.69) is 37.9 Å². The van der Waals surface area contributed by atoms with E-state index >= 15 is 0 Å². The van der Waals surface area contributed by atoms with Crippen LogP contribution < -0.4 is 5.32 Å². The van der Waals surface area contributed by atoms with Crippen LogP contribution in [0.2, 0.25) is 0 Å². The Balaban J connectivity index is 2.52. The summed E-state index contributed by atoms with van der Waals surface area (Å²) in [5.41, 5.74) is 0. The first-order chi connectivity index (χ1) is 8.06. The second-order valence-corrected chi connectivity index (χ2v) is 5.67. The Hall–Kier alpha value is -0.120. The molecule has 0 radical (unpaired) electrons. The van der Waals surface area contributed by atoms with Crippen molar-refractivity contribution in [2.45, 2.75) is 58.7 Å². The minimum absolute atomic E-state index is 0.305. The summed E-state index contributed by atoms with van der Waals surface area (Å²) in [5, 5.41) is 3.44. The molecule has 1 heterocycles. The first-order valence-electron chi connectivity index (χ1n) is 7.05. The third-order valence-corrected chi connectivity index (χ3v) is 4.17. The number of methoxy groups -OCH3 is 1. The summed E-state index contributed by atoms with van der Waals surface area (Å²) in [7, 11) is 1.81. The molecule has 3 nitrogen and oxygen atoms in total. The molecule has 0 bridgehead atoms. The summed E-state index contributed by atoms with van der Waals surface area (Å²) in [5.74, 6) is 0.852. The third-order valence-electron chi connectivity index (χ3n) is 4.17. The minimum Gasteiger partial charge on any atom is -0.380 e. The maximum Gasteiger partial charge on any atom is 0.0695 e. The standard InChI is InChI=1S/C14H30N2O/c1-11(2)16(12(3)13(4)17-5)10-14-6-8-15-9-7-14/h11-15H,6-10H2,1-5H3. The molecule has 0 saturated carbocycles. The van der Waals surface area contributed by atoms with Crippen LogP contribution in [-0.2, 0) is 4.74 Å². The van der Waals surface area contributed by atoms with Crippen molar-refractivity contribution in [1.82, 2.24) is 10.2 Å². The molecule has 0 aromatic heterocycles. The van der Waals surface area contributed by atoms with Crippen molar-refractivity contribution in [3.8, 4) is 0 Å². The van der Waals surface area contributed by atoms with Gasteiger partial charge in [0.05, 0.1) is 6.10 Å². The molecule has 1 saturated heterocycles. The smallest absolute Gasteiger partial charge is 0.0695 e. The Morgan fingerprint density at radius 3 is 2.24 bits per heavy atom. The molecule has 1 rings (SSSR count). The van der Waals surface area contributed by atoms with Crippen LogP contribution >= 0.6 is 0 Å². The van der Waals surface area contributed by atoms with Crippen LogP contribution in [0.15, 0.2) is 0 Å². The molecular weight excluding hydrogens is 212 g/mol. The topological polar surface area (TPSA) is 24.5 Å². The predicted molar refractivity (Wildman–Crippen MR) is 73.4 cm³/mol. The van der Waals surface area contributed by atoms with E-state index in [9.17, 15) is 0 Å². The first kappa shape index (κ1) is 14.9. The summed E-state index contributed by atoms with van der Waals surface area (Å²) in [6, 6.07) is 1.09. The van der Waals surface area contributed by atoms with Crippen LogP contribution in [-0.4, -0.2) is 49.8 Å². The van der Waals surface area contributed by atoms with Gasteiger partial charge in [0.15, 0.2) is 0 Å². The fraction of sp³-hybridized carbons (Fsp3) is 1.00. The Morgan fingerprint density at radius 1 is 1.18 bits per heavy atom. The molecule has 3 heteroatoms. The lowest BCUT2D eigenvalue weighted by Crippen LogP contribution is -2.48. The van der Waals surface area contributed by atoms with Gasteiger partial charge in [-0.3, -0.25) is 4.90 Å². The van der Waals surface area contributed by atoms with E-state index in [0.717, 1.165) is 5.92 Å². The number of piperidine rings is 1. The SMILES string of the molecule is COC(C)C(C)N(CC1CCNCC1)C(C)C. The summed E-state index contributed by atoms with van der Waals surface area (Å²) >= 11 is 0. The fourth-order valence-corrected chi connectivity index (χ4v) is 2.68. The normalized spacial score (nSPS) is 22.1. The van der Waals surface area contributed by atoms with Crippen molar-refractivity contribution < 1.29 is 4.74 Å². The van der Waals surface area contributed by atoms with Gasteiger partial charge in [0.2, 0.25) is 0 Å². The number of nitrogens with zero attached hydrogens (tertiary/aromatic N) is 1. The maximum atomic E-state index is 5.48. The van der Waals surface area contributed by atoms with Gasteiger partial charge in [0.1, 0.15) is 0 Å². The van der Waals surface area contributed by atoms with Crippen molar-refractivity contribution in [1.29, 1.82) is 0 Å². The maximum absolute atomic E-state index is 5.48. The van der Waals surface area contributed by atoms with E-state index in [1.165, 1.54) is 32.5 Å². The zero-order valence-corrected chi connectivity index (χ0v) is 12.2. The lowest BCUT2D eigenvalue weighted by atomic mass is 9.95. The van der Waals surface area contributed by atoms with Gasteiger partial charge >= 0.3 is 0 Å². The zero-order chi connectivity index (χ0) is 12.8. The molecule has 1 aliphatic rings. The summed E-state index contributed by atoms with van der Waals surface area (Å²) < 4.78 is 5.48. The first-order valence-corrected chi connectivity index (χ1v) is 7.05. The van der Waals surface area contributed by atoms with Gasteiger partial charge in [-0.15, -0.1) is 0 Å². The highest BCUT2D eigenvalue weighted by Crippen LogP contribution is 2.19. The highest BCUT2D eigenvalue weighted by Gasteiger charge is 2.25. The second kappa shape index (κ2) is 7.34. The molecule has 0 amide bonds. The zero-order valence-electron chi connectivity index (χ0n) is 12.2. The molecule has 2 atom stereocenters. The van der Waals surface area contributed by atoms with Crippen LogP contribution in [0, 0.1) is 5.92 Å². The van der Waals surface area contributed by atoms with E-state index in [1.807, 2.05) is 7.11 Å². The minimum atomic E-state index is 0.305. The van der Waals surface area contributed by atoms with Gasteiger partial charge in [0, 0.05) is 25.7 Å². The molecule has 17 heavy (non-hydrogen) atoms. The summed E-state index contributed by atoms with van der Waals surface area (Å²) in [6.45, 7) is 12.6. The van der Waals surface area contributed by atoms with Crippen molar-refractivity contribution >= 4 is 0 Å². The van der Waals surface area contributed by atoms with E-state index < -0.39 is 0 Å². The van der Waals surface area contributed by atoms with Crippen LogP contribution in [0.25, 0.3) is 0 Å². The molecule has 0 aromatic rings. The summed E-state index contributed by atoms with van der Waals surface area (Å²) in [6.07, 6.45) is 2.94. The molecule has 0 aromatic carbocycles. The largest absolute Gasteiger partial charge is 0.380 e. The highest BCUT2D eigenvalue weighted by atomic mass is 16.5. The number of hydrogen-bond donors (Lipinski definition) is 1. The van der Waals surface area contributed by atoms with Gasteiger partial charge < -0.3 is 10.1 Å². The van der Waals surface area contributed by atoms with E-state index in [0.29, 0.717) is 18.2 Å². The number of nitrogens with one attached hydrogen (secondary N) is 1. The van der Waals surface area contributed by atoms with E-state index in [-0.39, 0.29) is 0 Å². The average molecular weight is 242 g/mol. The quantitative estimate of drug-likeness (QED) is 0.772. The molecule has 1 fully saturated rings. The molecule has 2 unspecified atom stereocenters. The average Bonchev–Trinajstić information content (AvgIpc) is 2.35. The van der Waals surface area contributed by atoms with E-state index in [4.69, 9.17) is 4.74 Å². The highest BCUT2D eigenvalue weighted by molar-refractivity contribution is 4.80. The van der Waals surface area contributed by atoms with Gasteiger partial charge in [-0.25, -0.2) is 0 Å². The molecule has 0 spiro atoms. The van der Waals surface area contributed by atoms with Crippen molar-refractivity contribution in [3.63, 3.8) is 0 Å². The van der Waals surface area contributed by atoms with Gasteiger partial charge in [-0.05, 0) is 59.5 Å². The predicted octanol–water partition coefficient (Wildman–Crippen LogP) is 2.12. The number of hydrogen-bond acceptors (Lipinski definition) is 3. The monoisotopic (exact) mass is 242 g/mol. The van der Waals surface area contributed by atoms with E-state index in [1.54, 1.807) is 0 Å². The molecule has 1 aliphatic heterocycles.